The summed E-state index contributed by atoms with van der Waals surface area (Å²) in [4.78, 5) is 24.1. The summed E-state index contributed by atoms with van der Waals surface area (Å²) in [6, 6.07) is 16.0. The quantitative estimate of drug-likeness (QED) is 0.130. The van der Waals surface area contributed by atoms with Crippen LogP contribution >= 0.6 is 0 Å². The van der Waals surface area contributed by atoms with Gasteiger partial charge in [-0.1, -0.05) is 31.2 Å². The molecule has 202 valence electrons. The number of nitrogens with one attached hydrogen (secondary N) is 3. The van der Waals surface area contributed by atoms with Crippen LogP contribution in [0.3, 0.4) is 0 Å². The first-order chi connectivity index (χ1) is 19.4. The molecule has 5 N–H and O–H groups in total. The van der Waals surface area contributed by atoms with Crippen molar-refractivity contribution in [3.63, 3.8) is 0 Å². The molecule has 4 heterocycles. The molecule has 3 aromatic heterocycles. The standard InChI is InChI=1S/C33H33N5O2/c1-4-23-19(2)29(37-20(23)3)17-26-25-16-21(11-12-28(25)38-33(26)39)31-30(13-14-35-32(31)34)40-15-7-8-22-18-36-27-10-6-5-9-24(22)27/h5-6,9-14,16-18,36-37H,4,7-8,15H2,1-3H3,(H2,34,35)(H,38,39). The zero-order valence-electron chi connectivity index (χ0n) is 23.0. The number of anilines is 2. The average Bonchev–Trinajstić information content (AvgIpc) is 3.59. The fourth-order valence-electron chi connectivity index (χ4n) is 5.77. The maximum Gasteiger partial charge on any atom is 0.256 e. The van der Waals surface area contributed by atoms with E-state index in [0.717, 1.165) is 58.5 Å². The Morgan fingerprint density at radius 2 is 1.95 bits per heavy atom. The Morgan fingerprint density at radius 1 is 1.10 bits per heavy atom. The highest BCUT2D eigenvalue weighted by Crippen LogP contribution is 2.40. The van der Waals surface area contributed by atoms with Crippen molar-refractivity contribution in [1.82, 2.24) is 15.0 Å². The van der Waals surface area contributed by atoms with E-state index in [1.54, 1.807) is 6.20 Å². The molecule has 0 radical (unpaired) electrons. The third kappa shape index (κ3) is 4.53. The predicted octanol–water partition coefficient (Wildman–Crippen LogP) is 6.82. The smallest absolute Gasteiger partial charge is 0.256 e. The minimum Gasteiger partial charge on any atom is -0.493 e. The number of aromatic nitrogens is 3. The highest BCUT2D eigenvalue weighted by atomic mass is 16.5. The molecule has 1 aliphatic heterocycles. The monoisotopic (exact) mass is 531 g/mol. The number of rotatable bonds is 8. The summed E-state index contributed by atoms with van der Waals surface area (Å²) < 4.78 is 6.26. The molecular weight excluding hydrogens is 498 g/mol. The Labute approximate surface area is 233 Å². The van der Waals surface area contributed by atoms with Crippen molar-refractivity contribution in [1.29, 1.82) is 0 Å². The van der Waals surface area contributed by atoms with Gasteiger partial charge in [0.1, 0.15) is 11.6 Å². The number of fused-ring (bicyclic) bond motifs is 2. The van der Waals surface area contributed by atoms with Crippen LogP contribution in [-0.2, 0) is 17.6 Å². The molecule has 0 fully saturated rings. The molecule has 7 nitrogen and oxygen atoms in total. The number of carbonyl (C=O) groups is 1. The molecular formula is C33H33N5O2. The van der Waals surface area contributed by atoms with Gasteiger partial charge in [0.2, 0.25) is 0 Å². The fourth-order valence-corrected chi connectivity index (χ4v) is 5.77. The minimum absolute atomic E-state index is 0.121. The normalized spacial score (nSPS) is 13.7. The van der Waals surface area contributed by atoms with Crippen molar-refractivity contribution >= 4 is 40.0 Å². The molecule has 5 aromatic rings. The molecule has 6 rings (SSSR count). The summed E-state index contributed by atoms with van der Waals surface area (Å²) in [6.45, 7) is 6.85. The van der Waals surface area contributed by atoms with E-state index < -0.39 is 0 Å². The summed E-state index contributed by atoms with van der Waals surface area (Å²) in [5.74, 6) is 0.947. The third-order valence-corrected chi connectivity index (χ3v) is 7.83. The minimum atomic E-state index is -0.121. The number of para-hydroxylation sites is 1. The zero-order chi connectivity index (χ0) is 27.8. The average molecular weight is 532 g/mol. The number of carbonyl (C=O) groups excluding carboxylic acids is 1. The number of nitrogen functional groups attached to an aromatic ring is 1. The first-order valence-electron chi connectivity index (χ1n) is 13.7. The Bertz CT molecular complexity index is 1780. The first-order valence-corrected chi connectivity index (χ1v) is 13.7. The molecule has 7 heteroatoms. The molecule has 0 unspecified atom stereocenters. The van der Waals surface area contributed by atoms with Gasteiger partial charge < -0.3 is 25.8 Å². The summed E-state index contributed by atoms with van der Waals surface area (Å²) in [6.07, 6.45) is 8.38. The summed E-state index contributed by atoms with van der Waals surface area (Å²) >= 11 is 0. The van der Waals surface area contributed by atoms with Crippen LogP contribution in [0.15, 0.2) is 60.9 Å². The van der Waals surface area contributed by atoms with E-state index in [0.29, 0.717) is 23.7 Å². The predicted molar refractivity (Wildman–Crippen MR) is 162 cm³/mol. The summed E-state index contributed by atoms with van der Waals surface area (Å²) in [5.41, 5.74) is 17.2. The topological polar surface area (TPSA) is 109 Å². The Balaban J connectivity index is 1.26. The number of aryl methyl sites for hydroxylation is 2. The molecule has 0 aliphatic carbocycles. The Kier molecular flexibility index (Phi) is 6.64. The van der Waals surface area contributed by atoms with Gasteiger partial charge in [-0.2, -0.15) is 0 Å². The van der Waals surface area contributed by atoms with Crippen molar-refractivity contribution in [2.45, 2.75) is 40.0 Å². The SMILES string of the molecule is CCc1c(C)[nH]c(C=C2C(=O)Nc3ccc(-c4c(OCCCc5c[nH]c6ccccc56)ccnc4N)cc32)c1C. The summed E-state index contributed by atoms with van der Waals surface area (Å²) in [7, 11) is 0. The van der Waals surface area contributed by atoms with E-state index in [-0.39, 0.29) is 5.91 Å². The number of pyridine rings is 1. The lowest BCUT2D eigenvalue weighted by Gasteiger charge is -2.14. The van der Waals surface area contributed by atoms with Crippen LogP contribution in [0, 0.1) is 13.8 Å². The van der Waals surface area contributed by atoms with Gasteiger partial charge >= 0.3 is 0 Å². The molecule has 2 aromatic carbocycles. The maximum absolute atomic E-state index is 13.0. The second-order valence-electron chi connectivity index (χ2n) is 10.3. The number of nitrogens with two attached hydrogens (primary N) is 1. The largest absolute Gasteiger partial charge is 0.493 e. The van der Waals surface area contributed by atoms with Crippen LogP contribution in [0.1, 0.15) is 47.0 Å². The van der Waals surface area contributed by atoms with Crippen LogP contribution in [0.5, 0.6) is 5.75 Å². The molecule has 0 saturated heterocycles. The Morgan fingerprint density at radius 3 is 2.77 bits per heavy atom. The van der Waals surface area contributed by atoms with Crippen molar-refractivity contribution in [2.75, 3.05) is 17.7 Å². The number of hydrogen-bond donors (Lipinski definition) is 4. The van der Waals surface area contributed by atoms with Crippen molar-refractivity contribution < 1.29 is 9.53 Å². The van der Waals surface area contributed by atoms with E-state index in [4.69, 9.17) is 10.5 Å². The van der Waals surface area contributed by atoms with Gasteiger partial charge in [0.05, 0.1) is 17.7 Å². The highest BCUT2D eigenvalue weighted by molar-refractivity contribution is 6.35. The number of H-pyrrole nitrogens is 2. The van der Waals surface area contributed by atoms with Gasteiger partial charge in [0.15, 0.2) is 0 Å². The lowest BCUT2D eigenvalue weighted by Crippen LogP contribution is -2.03. The van der Waals surface area contributed by atoms with Gasteiger partial charge in [0.25, 0.3) is 5.91 Å². The van der Waals surface area contributed by atoms with Crippen LogP contribution in [0.25, 0.3) is 33.7 Å². The molecule has 0 bridgehead atoms. The van der Waals surface area contributed by atoms with E-state index in [1.165, 1.54) is 22.1 Å². The van der Waals surface area contributed by atoms with Crippen LogP contribution in [0.2, 0.25) is 0 Å². The second kappa shape index (κ2) is 10.4. The second-order valence-corrected chi connectivity index (χ2v) is 10.3. The molecule has 1 aliphatic rings. The molecule has 40 heavy (non-hydrogen) atoms. The van der Waals surface area contributed by atoms with Crippen LogP contribution in [-0.4, -0.2) is 27.5 Å². The third-order valence-electron chi connectivity index (χ3n) is 7.83. The first kappa shape index (κ1) is 25.5. The summed E-state index contributed by atoms with van der Waals surface area (Å²) in [5, 5.41) is 4.24. The van der Waals surface area contributed by atoms with Crippen molar-refractivity contribution in [2.24, 2.45) is 0 Å². The number of aromatic amines is 2. The van der Waals surface area contributed by atoms with Gasteiger partial charge in [-0.25, -0.2) is 4.98 Å². The fraction of sp³-hybridized carbons (Fsp3) is 0.212. The number of nitrogens with zero attached hydrogens (tertiary/aromatic N) is 1. The lowest BCUT2D eigenvalue weighted by molar-refractivity contribution is -0.110. The van der Waals surface area contributed by atoms with E-state index in [1.807, 2.05) is 36.4 Å². The molecule has 0 atom stereocenters. The Hall–Kier alpha value is -4.78. The highest BCUT2D eigenvalue weighted by Gasteiger charge is 2.26. The van der Waals surface area contributed by atoms with Gasteiger partial charge in [-0.15, -0.1) is 0 Å². The number of hydrogen-bond acceptors (Lipinski definition) is 4. The van der Waals surface area contributed by atoms with Crippen molar-refractivity contribution in [3.05, 3.63) is 94.6 Å². The molecule has 0 spiro atoms. The number of benzene rings is 2. The van der Waals surface area contributed by atoms with E-state index >= 15 is 0 Å². The lowest BCUT2D eigenvalue weighted by atomic mass is 9.98. The zero-order valence-corrected chi connectivity index (χ0v) is 23.0. The van der Waals surface area contributed by atoms with Gasteiger partial charge in [-0.3, -0.25) is 4.79 Å². The van der Waals surface area contributed by atoms with E-state index in [2.05, 4.69) is 65.4 Å². The van der Waals surface area contributed by atoms with Gasteiger partial charge in [-0.05, 0) is 85.7 Å². The number of amides is 1. The van der Waals surface area contributed by atoms with Crippen molar-refractivity contribution in [3.8, 4) is 16.9 Å². The molecule has 1 amide bonds. The van der Waals surface area contributed by atoms with Crippen LogP contribution < -0.4 is 15.8 Å². The number of ether oxygens (including phenoxy) is 1. The van der Waals surface area contributed by atoms with E-state index in [9.17, 15) is 4.79 Å². The maximum atomic E-state index is 13.0. The van der Waals surface area contributed by atoms with Crippen LogP contribution in [0.4, 0.5) is 11.5 Å². The van der Waals surface area contributed by atoms with Gasteiger partial charge in [0, 0.05) is 45.9 Å². The molecule has 0 saturated carbocycles.